The van der Waals surface area contributed by atoms with E-state index in [1.807, 2.05) is 0 Å². The van der Waals surface area contributed by atoms with Gasteiger partial charge in [-0.05, 0) is 36.5 Å². The number of piperazine rings is 1. The third-order valence-electron chi connectivity index (χ3n) is 5.22. The highest BCUT2D eigenvalue weighted by molar-refractivity contribution is 5.63. The highest BCUT2D eigenvalue weighted by Gasteiger charge is 2.30. The zero-order chi connectivity index (χ0) is 15.6. The van der Waals surface area contributed by atoms with Gasteiger partial charge >= 0.3 is 0 Å². The van der Waals surface area contributed by atoms with Crippen LogP contribution in [0.1, 0.15) is 24.0 Å². The maximum atomic E-state index is 2.68. The second kappa shape index (κ2) is 6.46. The van der Waals surface area contributed by atoms with Gasteiger partial charge in [0, 0.05) is 38.8 Å². The molecule has 0 spiro atoms. The zero-order valence-electron chi connectivity index (χ0n) is 14.0. The quantitative estimate of drug-likeness (QED) is 0.844. The average molecular weight is 306 g/mol. The van der Waals surface area contributed by atoms with Crippen molar-refractivity contribution >= 4 is 0 Å². The molecule has 2 aromatic carbocycles. The van der Waals surface area contributed by atoms with E-state index in [0.29, 0.717) is 0 Å². The first-order valence-corrected chi connectivity index (χ1v) is 8.90. The van der Waals surface area contributed by atoms with E-state index in [2.05, 4.69) is 65.3 Å². The van der Waals surface area contributed by atoms with Crippen LogP contribution >= 0.6 is 0 Å². The van der Waals surface area contributed by atoms with Crippen molar-refractivity contribution in [1.82, 2.24) is 9.80 Å². The first kappa shape index (κ1) is 14.9. The summed E-state index contributed by atoms with van der Waals surface area (Å²) in [5.74, 6) is 0. The monoisotopic (exact) mass is 306 g/mol. The fourth-order valence-corrected chi connectivity index (χ4v) is 3.53. The van der Waals surface area contributed by atoms with Crippen LogP contribution in [0, 0.1) is 6.92 Å². The molecule has 1 saturated carbocycles. The Morgan fingerprint density at radius 3 is 1.91 bits per heavy atom. The van der Waals surface area contributed by atoms with Crippen molar-refractivity contribution in [1.29, 1.82) is 0 Å². The zero-order valence-corrected chi connectivity index (χ0v) is 14.0. The van der Waals surface area contributed by atoms with Crippen molar-refractivity contribution in [3.05, 3.63) is 59.7 Å². The summed E-state index contributed by atoms with van der Waals surface area (Å²) >= 11 is 0. The molecular formula is C21H26N2. The van der Waals surface area contributed by atoms with E-state index in [0.717, 1.165) is 12.6 Å². The van der Waals surface area contributed by atoms with E-state index in [9.17, 15) is 0 Å². The van der Waals surface area contributed by atoms with Gasteiger partial charge in [-0.2, -0.15) is 0 Å². The molecule has 0 radical (unpaired) electrons. The first-order chi connectivity index (χ1) is 11.3. The van der Waals surface area contributed by atoms with Gasteiger partial charge in [-0.25, -0.2) is 0 Å². The summed E-state index contributed by atoms with van der Waals surface area (Å²) in [6.45, 7) is 8.17. The molecule has 0 aromatic heterocycles. The van der Waals surface area contributed by atoms with Crippen LogP contribution in [-0.2, 0) is 6.54 Å². The third kappa shape index (κ3) is 3.65. The molecule has 0 N–H and O–H groups in total. The Balaban J connectivity index is 1.35. The Kier molecular flexibility index (Phi) is 4.19. The number of benzene rings is 2. The van der Waals surface area contributed by atoms with Gasteiger partial charge in [-0.3, -0.25) is 9.80 Å². The highest BCUT2D eigenvalue weighted by Crippen LogP contribution is 2.27. The van der Waals surface area contributed by atoms with Crippen molar-refractivity contribution < 1.29 is 0 Å². The summed E-state index contributed by atoms with van der Waals surface area (Å²) in [5, 5.41) is 0. The molecule has 1 aliphatic carbocycles. The summed E-state index contributed by atoms with van der Waals surface area (Å²) < 4.78 is 0. The van der Waals surface area contributed by atoms with E-state index in [-0.39, 0.29) is 0 Å². The van der Waals surface area contributed by atoms with Crippen LogP contribution in [0.4, 0.5) is 0 Å². The van der Waals surface area contributed by atoms with Crippen LogP contribution in [0.25, 0.3) is 11.1 Å². The van der Waals surface area contributed by atoms with E-state index >= 15 is 0 Å². The number of rotatable bonds is 4. The van der Waals surface area contributed by atoms with Crippen molar-refractivity contribution in [3.63, 3.8) is 0 Å². The minimum atomic E-state index is 0.922. The van der Waals surface area contributed by atoms with E-state index in [1.54, 1.807) is 0 Å². The smallest absolute Gasteiger partial charge is 0.0234 e. The van der Waals surface area contributed by atoms with E-state index < -0.39 is 0 Å². The van der Waals surface area contributed by atoms with Crippen molar-refractivity contribution in [3.8, 4) is 11.1 Å². The maximum absolute atomic E-state index is 2.68. The molecule has 0 amide bonds. The molecule has 0 unspecified atom stereocenters. The molecule has 2 fully saturated rings. The SMILES string of the molecule is Cc1ccc(-c2ccc(CN3CCN(C4CC4)CC3)cc2)cc1. The number of aryl methyl sites for hydroxylation is 1. The summed E-state index contributed by atoms with van der Waals surface area (Å²) in [6, 6.07) is 18.8. The van der Waals surface area contributed by atoms with Crippen molar-refractivity contribution in [2.45, 2.75) is 32.4 Å². The molecule has 1 saturated heterocycles. The maximum Gasteiger partial charge on any atom is 0.0234 e. The number of nitrogens with zero attached hydrogens (tertiary/aromatic N) is 2. The van der Waals surface area contributed by atoms with Gasteiger partial charge in [0.2, 0.25) is 0 Å². The minimum absolute atomic E-state index is 0.922. The Morgan fingerprint density at radius 2 is 1.35 bits per heavy atom. The summed E-state index contributed by atoms with van der Waals surface area (Å²) in [5.41, 5.74) is 5.36. The van der Waals surface area contributed by atoms with Crippen LogP contribution in [0.15, 0.2) is 48.5 Å². The van der Waals surface area contributed by atoms with Crippen LogP contribution in [0.2, 0.25) is 0 Å². The second-order valence-corrected chi connectivity index (χ2v) is 7.11. The van der Waals surface area contributed by atoms with Gasteiger partial charge in [-0.15, -0.1) is 0 Å². The Hall–Kier alpha value is -1.64. The summed E-state index contributed by atoms with van der Waals surface area (Å²) in [4.78, 5) is 5.27. The lowest BCUT2D eigenvalue weighted by Gasteiger charge is -2.34. The minimum Gasteiger partial charge on any atom is -0.298 e. The molecule has 0 bridgehead atoms. The Labute approximate surface area is 139 Å². The Bertz CT molecular complexity index is 633. The molecule has 2 aliphatic rings. The lowest BCUT2D eigenvalue weighted by molar-refractivity contribution is 0.121. The molecule has 0 atom stereocenters. The lowest BCUT2D eigenvalue weighted by atomic mass is 10.0. The molecule has 1 heterocycles. The van der Waals surface area contributed by atoms with Gasteiger partial charge in [0.15, 0.2) is 0 Å². The van der Waals surface area contributed by atoms with Gasteiger partial charge in [0.25, 0.3) is 0 Å². The van der Waals surface area contributed by atoms with Crippen LogP contribution in [0.3, 0.4) is 0 Å². The van der Waals surface area contributed by atoms with E-state index in [1.165, 1.54) is 61.3 Å². The molecule has 1 aliphatic heterocycles. The molecule has 4 rings (SSSR count). The molecule has 23 heavy (non-hydrogen) atoms. The average Bonchev–Trinajstić information content (AvgIpc) is 3.42. The largest absolute Gasteiger partial charge is 0.298 e. The normalized spacial score (nSPS) is 19.9. The fraction of sp³-hybridized carbons (Fsp3) is 0.429. The lowest BCUT2D eigenvalue weighted by Crippen LogP contribution is -2.46. The molecular weight excluding hydrogens is 280 g/mol. The van der Waals surface area contributed by atoms with Crippen LogP contribution in [0.5, 0.6) is 0 Å². The number of hydrogen-bond acceptors (Lipinski definition) is 2. The van der Waals surface area contributed by atoms with Crippen molar-refractivity contribution in [2.24, 2.45) is 0 Å². The van der Waals surface area contributed by atoms with Gasteiger partial charge in [0.1, 0.15) is 0 Å². The predicted octanol–water partition coefficient (Wildman–Crippen LogP) is 3.94. The number of hydrogen-bond donors (Lipinski definition) is 0. The molecule has 2 nitrogen and oxygen atoms in total. The molecule has 2 aromatic rings. The third-order valence-corrected chi connectivity index (χ3v) is 5.22. The fourth-order valence-electron chi connectivity index (χ4n) is 3.53. The van der Waals surface area contributed by atoms with Crippen LogP contribution < -0.4 is 0 Å². The van der Waals surface area contributed by atoms with Crippen molar-refractivity contribution in [2.75, 3.05) is 26.2 Å². The van der Waals surface area contributed by atoms with Gasteiger partial charge in [0.05, 0.1) is 0 Å². The second-order valence-electron chi connectivity index (χ2n) is 7.11. The van der Waals surface area contributed by atoms with Crippen LogP contribution in [-0.4, -0.2) is 42.0 Å². The Morgan fingerprint density at radius 1 is 0.783 bits per heavy atom. The molecule has 120 valence electrons. The highest BCUT2D eigenvalue weighted by atomic mass is 15.3. The first-order valence-electron chi connectivity index (χ1n) is 8.90. The summed E-state index contributed by atoms with van der Waals surface area (Å²) in [7, 11) is 0. The van der Waals surface area contributed by atoms with E-state index in [4.69, 9.17) is 0 Å². The predicted molar refractivity (Wildman–Crippen MR) is 96.5 cm³/mol. The van der Waals surface area contributed by atoms with Gasteiger partial charge in [-0.1, -0.05) is 54.1 Å². The summed E-state index contributed by atoms with van der Waals surface area (Å²) in [6.07, 6.45) is 2.86. The molecule has 2 heteroatoms. The topological polar surface area (TPSA) is 6.48 Å². The van der Waals surface area contributed by atoms with Gasteiger partial charge < -0.3 is 0 Å². The standard InChI is InChI=1S/C21H26N2/c1-17-2-6-19(7-3-17)20-8-4-18(5-9-20)16-22-12-14-23(15-13-22)21-10-11-21/h2-9,21H,10-16H2,1H3.